The van der Waals surface area contributed by atoms with Crippen LogP contribution >= 0.6 is 0 Å². The maximum absolute atomic E-state index is 12.4. The molecule has 1 amide bonds. The molecule has 4 aromatic rings. The van der Waals surface area contributed by atoms with Crippen LogP contribution in [-0.4, -0.2) is 26.0 Å². The molecule has 6 heteroatoms. The molecule has 0 aliphatic rings. The minimum absolute atomic E-state index is 0.138. The largest absolute Gasteiger partial charge is 0.507 e. The smallest absolute Gasteiger partial charge is 0.259 e. The van der Waals surface area contributed by atoms with Crippen molar-refractivity contribution in [2.24, 2.45) is 0 Å². The molecule has 3 aromatic carbocycles. The van der Waals surface area contributed by atoms with Gasteiger partial charge in [-0.05, 0) is 30.3 Å². The number of nitrogens with zero attached hydrogens (tertiary/aromatic N) is 3. The third-order valence-corrected chi connectivity index (χ3v) is 3.76. The van der Waals surface area contributed by atoms with Gasteiger partial charge in [0.15, 0.2) is 0 Å². The summed E-state index contributed by atoms with van der Waals surface area (Å²) in [6.07, 6.45) is 0. The van der Waals surface area contributed by atoms with Gasteiger partial charge in [-0.25, -0.2) is 0 Å². The number of carbonyl (C=O) groups is 1. The van der Waals surface area contributed by atoms with Gasteiger partial charge in [-0.3, -0.25) is 4.79 Å². The van der Waals surface area contributed by atoms with Crippen molar-refractivity contribution < 1.29 is 9.90 Å². The summed E-state index contributed by atoms with van der Waals surface area (Å²) in [6.45, 7) is 0. The molecule has 4 rings (SSSR count). The second-order valence-electron chi connectivity index (χ2n) is 5.50. The monoisotopic (exact) mass is 330 g/mol. The van der Waals surface area contributed by atoms with Gasteiger partial charge in [-0.1, -0.05) is 36.4 Å². The molecule has 0 atom stereocenters. The fourth-order valence-corrected chi connectivity index (χ4v) is 2.53. The SMILES string of the molecule is O=C(Nc1ccccc1)c1cc2nn(-c3ccccc3)nc2cc1O. The van der Waals surface area contributed by atoms with Crippen molar-refractivity contribution in [2.75, 3.05) is 5.32 Å². The molecule has 0 aliphatic heterocycles. The summed E-state index contributed by atoms with van der Waals surface area (Å²) in [7, 11) is 0. The van der Waals surface area contributed by atoms with E-state index in [0.717, 1.165) is 5.69 Å². The first kappa shape index (κ1) is 14.9. The summed E-state index contributed by atoms with van der Waals surface area (Å²) < 4.78 is 0. The highest BCUT2D eigenvalue weighted by molar-refractivity contribution is 6.08. The van der Waals surface area contributed by atoms with Gasteiger partial charge in [0, 0.05) is 11.8 Å². The van der Waals surface area contributed by atoms with Gasteiger partial charge in [-0.2, -0.15) is 4.80 Å². The quantitative estimate of drug-likeness (QED) is 0.603. The fourth-order valence-electron chi connectivity index (χ4n) is 2.53. The van der Waals surface area contributed by atoms with Crippen LogP contribution in [0.5, 0.6) is 5.75 Å². The van der Waals surface area contributed by atoms with Crippen LogP contribution in [0.3, 0.4) is 0 Å². The van der Waals surface area contributed by atoms with Crippen LogP contribution in [0.1, 0.15) is 10.4 Å². The van der Waals surface area contributed by atoms with E-state index in [9.17, 15) is 9.90 Å². The van der Waals surface area contributed by atoms with E-state index < -0.39 is 5.91 Å². The van der Waals surface area contributed by atoms with E-state index >= 15 is 0 Å². The molecule has 0 saturated heterocycles. The van der Waals surface area contributed by atoms with Crippen LogP contribution in [0.25, 0.3) is 16.7 Å². The number of aromatic hydroxyl groups is 1. The van der Waals surface area contributed by atoms with Crippen LogP contribution in [0.2, 0.25) is 0 Å². The number of anilines is 1. The number of hydrogen-bond acceptors (Lipinski definition) is 4. The molecule has 0 saturated carbocycles. The Morgan fingerprint density at radius 1 is 0.880 bits per heavy atom. The van der Waals surface area contributed by atoms with Gasteiger partial charge >= 0.3 is 0 Å². The Balaban J connectivity index is 1.70. The Bertz CT molecular complexity index is 1040. The summed E-state index contributed by atoms with van der Waals surface area (Å²) in [5.41, 5.74) is 2.64. The zero-order chi connectivity index (χ0) is 17.2. The topological polar surface area (TPSA) is 80.0 Å². The molecule has 0 aliphatic carbocycles. The normalized spacial score (nSPS) is 10.7. The maximum atomic E-state index is 12.4. The molecule has 1 heterocycles. The molecular formula is C19H14N4O2. The average molecular weight is 330 g/mol. The number of amides is 1. The number of para-hydroxylation sites is 2. The number of aromatic nitrogens is 3. The first-order valence-electron chi connectivity index (χ1n) is 7.72. The summed E-state index contributed by atoms with van der Waals surface area (Å²) >= 11 is 0. The van der Waals surface area contributed by atoms with E-state index in [1.54, 1.807) is 12.1 Å². The number of rotatable bonds is 3. The third-order valence-electron chi connectivity index (χ3n) is 3.76. The lowest BCUT2D eigenvalue weighted by Gasteiger charge is -2.06. The Labute approximate surface area is 143 Å². The van der Waals surface area contributed by atoms with Crippen LogP contribution in [0.4, 0.5) is 5.69 Å². The van der Waals surface area contributed by atoms with Gasteiger partial charge in [-0.15, -0.1) is 10.2 Å². The summed E-state index contributed by atoms with van der Waals surface area (Å²) in [5, 5.41) is 21.7. The Kier molecular flexibility index (Phi) is 3.63. The highest BCUT2D eigenvalue weighted by atomic mass is 16.3. The zero-order valence-electron chi connectivity index (χ0n) is 13.1. The molecule has 0 bridgehead atoms. The number of phenols is 1. The Morgan fingerprint density at radius 2 is 1.48 bits per heavy atom. The van der Waals surface area contributed by atoms with Gasteiger partial charge < -0.3 is 10.4 Å². The van der Waals surface area contributed by atoms with Crippen molar-refractivity contribution >= 4 is 22.6 Å². The standard InChI is InChI=1S/C19H14N4O2/c24-18-12-17-16(21-23(22-17)14-9-5-2-6-10-14)11-15(18)19(25)20-13-7-3-1-4-8-13/h1-12,24H,(H,20,25). The molecule has 0 fully saturated rings. The lowest BCUT2D eigenvalue weighted by Crippen LogP contribution is -2.12. The molecule has 0 radical (unpaired) electrons. The number of benzene rings is 3. The molecular weight excluding hydrogens is 316 g/mol. The maximum Gasteiger partial charge on any atom is 0.259 e. The van der Waals surface area contributed by atoms with Crippen molar-refractivity contribution in [3.63, 3.8) is 0 Å². The van der Waals surface area contributed by atoms with E-state index in [1.165, 1.54) is 16.9 Å². The lowest BCUT2D eigenvalue weighted by atomic mass is 10.1. The predicted octanol–water partition coefficient (Wildman–Crippen LogP) is 3.38. The number of carbonyl (C=O) groups excluding carboxylic acids is 1. The second-order valence-corrected chi connectivity index (χ2v) is 5.50. The third kappa shape index (κ3) is 2.92. The van der Waals surface area contributed by atoms with E-state index in [1.807, 2.05) is 48.5 Å². The van der Waals surface area contributed by atoms with Crippen LogP contribution in [0, 0.1) is 0 Å². The molecule has 2 N–H and O–H groups in total. The van der Waals surface area contributed by atoms with Gasteiger partial charge in [0.05, 0.1) is 11.3 Å². The van der Waals surface area contributed by atoms with Crippen molar-refractivity contribution in [2.45, 2.75) is 0 Å². The molecule has 6 nitrogen and oxygen atoms in total. The summed E-state index contributed by atoms with van der Waals surface area (Å²) in [6, 6.07) is 21.5. The zero-order valence-corrected chi connectivity index (χ0v) is 13.1. The van der Waals surface area contributed by atoms with E-state index in [2.05, 4.69) is 15.5 Å². The van der Waals surface area contributed by atoms with Crippen molar-refractivity contribution in [1.29, 1.82) is 0 Å². The first-order chi connectivity index (χ1) is 12.2. The molecule has 25 heavy (non-hydrogen) atoms. The van der Waals surface area contributed by atoms with Crippen LogP contribution in [-0.2, 0) is 0 Å². The fraction of sp³-hybridized carbons (Fsp3) is 0. The van der Waals surface area contributed by atoms with E-state index in [0.29, 0.717) is 16.7 Å². The number of phenolic OH excluding ortho intramolecular Hbond substituents is 1. The Hall–Kier alpha value is -3.67. The van der Waals surface area contributed by atoms with E-state index in [-0.39, 0.29) is 11.3 Å². The minimum Gasteiger partial charge on any atom is -0.507 e. The highest BCUT2D eigenvalue weighted by Gasteiger charge is 2.15. The van der Waals surface area contributed by atoms with Gasteiger partial charge in [0.2, 0.25) is 0 Å². The second kappa shape index (κ2) is 6.09. The predicted molar refractivity (Wildman–Crippen MR) is 94.9 cm³/mol. The van der Waals surface area contributed by atoms with Crippen LogP contribution in [0.15, 0.2) is 72.8 Å². The molecule has 0 spiro atoms. The van der Waals surface area contributed by atoms with Crippen LogP contribution < -0.4 is 5.32 Å². The molecule has 1 aromatic heterocycles. The molecule has 122 valence electrons. The van der Waals surface area contributed by atoms with Crippen molar-refractivity contribution in [3.05, 3.63) is 78.4 Å². The van der Waals surface area contributed by atoms with Gasteiger partial charge in [0.25, 0.3) is 5.91 Å². The number of fused-ring (bicyclic) bond motifs is 1. The average Bonchev–Trinajstić information content (AvgIpc) is 3.05. The van der Waals surface area contributed by atoms with E-state index in [4.69, 9.17) is 0 Å². The minimum atomic E-state index is -0.403. The Morgan fingerprint density at radius 3 is 2.16 bits per heavy atom. The lowest BCUT2D eigenvalue weighted by molar-refractivity contribution is 0.102. The van der Waals surface area contributed by atoms with Crippen molar-refractivity contribution in [1.82, 2.24) is 15.0 Å². The summed E-state index contributed by atoms with van der Waals surface area (Å²) in [5.74, 6) is -0.541. The number of hydrogen-bond donors (Lipinski definition) is 2. The highest BCUT2D eigenvalue weighted by Crippen LogP contribution is 2.24. The first-order valence-corrected chi connectivity index (χ1v) is 7.72. The number of nitrogens with one attached hydrogen (secondary N) is 1. The van der Waals surface area contributed by atoms with Crippen molar-refractivity contribution in [3.8, 4) is 11.4 Å². The summed E-state index contributed by atoms with van der Waals surface area (Å²) in [4.78, 5) is 13.9. The molecule has 0 unspecified atom stereocenters. The van der Waals surface area contributed by atoms with Gasteiger partial charge in [0.1, 0.15) is 16.8 Å².